The minimum absolute atomic E-state index is 0.100. The number of halogens is 2. The third kappa shape index (κ3) is 1.33. The molecule has 3 unspecified atom stereocenters. The zero-order valence-electron chi connectivity index (χ0n) is 10.7. The molecule has 19 heavy (non-hydrogen) atoms. The lowest BCUT2D eigenvalue weighted by Crippen LogP contribution is -2.15. The fraction of sp³-hybridized carbons (Fsp3) is 0.500. The highest BCUT2D eigenvalue weighted by molar-refractivity contribution is 5.81. The Morgan fingerprint density at radius 3 is 2.84 bits per heavy atom. The van der Waals surface area contributed by atoms with Crippen LogP contribution in [0.1, 0.15) is 24.5 Å². The van der Waals surface area contributed by atoms with Crippen molar-refractivity contribution in [2.75, 3.05) is 7.11 Å². The van der Waals surface area contributed by atoms with E-state index in [4.69, 9.17) is 4.74 Å². The van der Waals surface area contributed by atoms with Gasteiger partial charge in [0.05, 0.1) is 13.0 Å². The molecule has 3 nitrogen and oxygen atoms in total. The minimum atomic E-state index is -0.799. The smallest absolute Gasteiger partial charge is 0.309 e. The summed E-state index contributed by atoms with van der Waals surface area (Å²) in [5, 5.41) is 9.46. The van der Waals surface area contributed by atoms with Crippen LogP contribution in [0.5, 0.6) is 5.75 Å². The van der Waals surface area contributed by atoms with Gasteiger partial charge in [-0.05, 0) is 24.3 Å². The average Bonchev–Trinajstić information content (AvgIpc) is 2.78. The van der Waals surface area contributed by atoms with Crippen molar-refractivity contribution in [1.82, 2.24) is 0 Å². The van der Waals surface area contributed by atoms with E-state index >= 15 is 0 Å². The number of hydrogen-bond acceptors (Lipinski definition) is 3. The van der Waals surface area contributed by atoms with Gasteiger partial charge in [0.2, 0.25) is 0 Å². The Morgan fingerprint density at radius 2 is 2.21 bits per heavy atom. The molecule has 1 N–H and O–H groups in total. The average molecular weight is 268 g/mol. The van der Waals surface area contributed by atoms with E-state index in [1.807, 2.05) is 6.92 Å². The molecule has 2 aliphatic rings. The van der Waals surface area contributed by atoms with Crippen LogP contribution in [-0.4, -0.2) is 18.2 Å². The van der Waals surface area contributed by atoms with Crippen LogP contribution < -0.4 is 0 Å². The van der Waals surface area contributed by atoms with E-state index in [-0.39, 0.29) is 17.0 Å². The minimum Gasteiger partial charge on any atom is -0.505 e. The van der Waals surface area contributed by atoms with Crippen LogP contribution in [0.2, 0.25) is 0 Å². The standard InChI is InChI=1S/C14H14F2O3/c1-6-10(13(18)19-2)14(6)4-3-7-8(15)5-9(17)12(16)11(7)14/h5-6,10,17H,3-4H2,1-2H3. The van der Waals surface area contributed by atoms with Crippen LogP contribution in [0, 0.1) is 23.5 Å². The van der Waals surface area contributed by atoms with Crippen molar-refractivity contribution in [3.8, 4) is 5.75 Å². The van der Waals surface area contributed by atoms with Gasteiger partial charge in [-0.2, -0.15) is 0 Å². The molecule has 1 saturated carbocycles. The molecule has 3 rings (SSSR count). The zero-order valence-corrected chi connectivity index (χ0v) is 10.7. The maximum Gasteiger partial charge on any atom is 0.309 e. The molecule has 0 heterocycles. The number of rotatable bonds is 1. The zero-order chi connectivity index (χ0) is 13.9. The Labute approximate surface area is 109 Å². The molecule has 5 heteroatoms. The molecule has 0 aromatic heterocycles. The summed E-state index contributed by atoms with van der Waals surface area (Å²) in [4.78, 5) is 11.7. The largest absolute Gasteiger partial charge is 0.505 e. The van der Waals surface area contributed by atoms with Crippen LogP contribution in [0.3, 0.4) is 0 Å². The topological polar surface area (TPSA) is 46.5 Å². The van der Waals surface area contributed by atoms with Gasteiger partial charge in [0.25, 0.3) is 0 Å². The Hall–Kier alpha value is -1.65. The second-order valence-electron chi connectivity index (χ2n) is 5.37. The van der Waals surface area contributed by atoms with Crippen molar-refractivity contribution in [3.05, 3.63) is 28.8 Å². The number of methoxy groups -OCH3 is 1. The normalized spacial score (nSPS) is 31.4. The molecule has 2 aliphatic carbocycles. The lowest BCUT2D eigenvalue weighted by molar-refractivity contribution is -0.142. The van der Waals surface area contributed by atoms with Crippen molar-refractivity contribution >= 4 is 5.97 Å². The second kappa shape index (κ2) is 3.68. The van der Waals surface area contributed by atoms with E-state index in [1.165, 1.54) is 7.11 Å². The molecule has 1 fully saturated rings. The van der Waals surface area contributed by atoms with E-state index in [2.05, 4.69) is 0 Å². The monoisotopic (exact) mass is 268 g/mol. The number of hydrogen-bond donors (Lipinski definition) is 1. The number of carbonyl (C=O) groups is 1. The molecular weight excluding hydrogens is 254 g/mol. The van der Waals surface area contributed by atoms with Crippen LogP contribution in [-0.2, 0) is 21.4 Å². The van der Waals surface area contributed by atoms with E-state index in [9.17, 15) is 18.7 Å². The summed E-state index contributed by atoms with van der Waals surface area (Å²) in [6, 6.07) is 0.799. The van der Waals surface area contributed by atoms with Crippen LogP contribution >= 0.6 is 0 Å². The highest BCUT2D eigenvalue weighted by atomic mass is 19.1. The van der Waals surface area contributed by atoms with Gasteiger partial charge in [0.15, 0.2) is 11.6 Å². The molecule has 3 atom stereocenters. The number of fused-ring (bicyclic) bond motifs is 2. The summed E-state index contributed by atoms with van der Waals surface area (Å²) in [6.45, 7) is 1.83. The van der Waals surface area contributed by atoms with Gasteiger partial charge >= 0.3 is 5.97 Å². The van der Waals surface area contributed by atoms with Gasteiger partial charge in [-0.3, -0.25) is 4.79 Å². The highest BCUT2D eigenvalue weighted by Crippen LogP contribution is 2.67. The summed E-state index contributed by atoms with van der Waals surface area (Å²) < 4.78 is 32.7. The molecule has 0 aliphatic heterocycles. The first-order chi connectivity index (χ1) is 8.95. The van der Waals surface area contributed by atoms with Crippen molar-refractivity contribution < 1.29 is 23.4 Å². The fourth-order valence-electron chi connectivity index (χ4n) is 3.77. The summed E-state index contributed by atoms with van der Waals surface area (Å²) in [7, 11) is 1.29. The van der Waals surface area contributed by atoms with Crippen LogP contribution in [0.15, 0.2) is 6.07 Å². The first kappa shape index (κ1) is 12.4. The molecule has 1 spiro atoms. The highest BCUT2D eigenvalue weighted by Gasteiger charge is 2.70. The number of aromatic hydroxyl groups is 1. The summed E-state index contributed by atoms with van der Waals surface area (Å²) in [5.74, 6) is -3.05. The Balaban J connectivity index is 2.16. The van der Waals surface area contributed by atoms with Crippen molar-refractivity contribution in [3.63, 3.8) is 0 Å². The lowest BCUT2D eigenvalue weighted by atomic mass is 9.93. The van der Waals surface area contributed by atoms with Crippen LogP contribution in [0.4, 0.5) is 8.78 Å². The number of ether oxygens (including phenoxy) is 1. The van der Waals surface area contributed by atoms with Crippen molar-refractivity contribution in [1.29, 1.82) is 0 Å². The van der Waals surface area contributed by atoms with E-state index < -0.39 is 34.7 Å². The summed E-state index contributed by atoms with van der Waals surface area (Å²) >= 11 is 0. The SMILES string of the molecule is COC(=O)C1C(C)C12CCc1c(F)cc(O)c(F)c12. The third-order valence-electron chi connectivity index (χ3n) is 4.77. The van der Waals surface area contributed by atoms with Gasteiger partial charge in [0, 0.05) is 17.0 Å². The predicted octanol–water partition coefficient (Wildman–Crippen LogP) is 2.29. The lowest BCUT2D eigenvalue weighted by Gasteiger charge is -2.13. The molecular formula is C14H14F2O3. The van der Waals surface area contributed by atoms with Crippen molar-refractivity contribution in [2.45, 2.75) is 25.2 Å². The van der Waals surface area contributed by atoms with Gasteiger partial charge < -0.3 is 9.84 Å². The molecule has 102 valence electrons. The first-order valence-electron chi connectivity index (χ1n) is 6.23. The fourth-order valence-corrected chi connectivity index (χ4v) is 3.77. The van der Waals surface area contributed by atoms with E-state index in [0.717, 1.165) is 6.07 Å². The Kier molecular flexibility index (Phi) is 2.40. The van der Waals surface area contributed by atoms with Crippen LogP contribution in [0.25, 0.3) is 0 Å². The number of phenolic OH excluding ortho intramolecular Hbond substituents is 1. The van der Waals surface area contributed by atoms with Crippen molar-refractivity contribution in [2.24, 2.45) is 11.8 Å². The molecule has 0 amide bonds. The van der Waals surface area contributed by atoms with Gasteiger partial charge in [-0.25, -0.2) is 8.78 Å². The summed E-state index contributed by atoms with van der Waals surface area (Å²) in [6.07, 6.45) is 0.900. The first-order valence-corrected chi connectivity index (χ1v) is 6.23. The number of benzene rings is 1. The Morgan fingerprint density at radius 1 is 1.53 bits per heavy atom. The maximum atomic E-state index is 14.2. The van der Waals surface area contributed by atoms with E-state index in [0.29, 0.717) is 12.8 Å². The Bertz CT molecular complexity index is 585. The predicted molar refractivity (Wildman–Crippen MR) is 62.7 cm³/mol. The summed E-state index contributed by atoms with van der Waals surface area (Å²) in [5.41, 5.74) is -0.243. The third-order valence-corrected chi connectivity index (χ3v) is 4.77. The number of esters is 1. The molecule has 1 aromatic carbocycles. The maximum absolute atomic E-state index is 14.2. The quantitative estimate of drug-likeness (QED) is 0.795. The van der Waals surface area contributed by atoms with Gasteiger partial charge in [-0.1, -0.05) is 6.92 Å². The van der Waals surface area contributed by atoms with Gasteiger partial charge in [-0.15, -0.1) is 0 Å². The molecule has 1 aromatic rings. The number of phenols is 1. The van der Waals surface area contributed by atoms with E-state index in [1.54, 1.807) is 0 Å². The number of carbonyl (C=O) groups excluding carboxylic acids is 1. The molecule has 0 bridgehead atoms. The molecule has 0 radical (unpaired) electrons. The molecule has 0 saturated heterocycles. The van der Waals surface area contributed by atoms with Gasteiger partial charge in [0.1, 0.15) is 5.82 Å². The second-order valence-corrected chi connectivity index (χ2v) is 5.37.